The van der Waals surface area contributed by atoms with Crippen molar-refractivity contribution in [1.82, 2.24) is 15.1 Å². The molecule has 0 atom stereocenters. The van der Waals surface area contributed by atoms with Crippen molar-refractivity contribution in [3.8, 4) is 0 Å². The maximum absolute atomic E-state index is 3.44. The number of rotatable bonds is 6. The third kappa shape index (κ3) is 3.94. The first kappa shape index (κ1) is 13.3. The quantitative estimate of drug-likeness (QED) is 0.756. The molecule has 1 saturated heterocycles. The average Bonchev–Trinajstić information content (AvgIpc) is 3.13. The van der Waals surface area contributed by atoms with Gasteiger partial charge in [0.25, 0.3) is 0 Å². The minimum Gasteiger partial charge on any atom is -0.314 e. The second kappa shape index (κ2) is 5.68. The molecule has 3 heteroatoms. The molecule has 2 rings (SSSR count). The second-order valence-corrected chi connectivity index (χ2v) is 6.32. The van der Waals surface area contributed by atoms with Crippen LogP contribution in [0.15, 0.2) is 0 Å². The Morgan fingerprint density at radius 3 is 2.41 bits per heavy atom. The minimum absolute atomic E-state index is 0.326. The summed E-state index contributed by atoms with van der Waals surface area (Å²) in [5, 5.41) is 3.44. The molecule has 1 N–H and O–H groups in total. The van der Waals surface area contributed by atoms with E-state index in [0.29, 0.717) is 5.54 Å². The molecular formula is C14H29N3. The zero-order valence-corrected chi connectivity index (χ0v) is 11.8. The summed E-state index contributed by atoms with van der Waals surface area (Å²) in [6.45, 7) is 15.6. The topological polar surface area (TPSA) is 18.5 Å². The minimum atomic E-state index is 0.326. The van der Waals surface area contributed by atoms with Crippen molar-refractivity contribution in [2.24, 2.45) is 5.92 Å². The van der Waals surface area contributed by atoms with Crippen LogP contribution in [0.5, 0.6) is 0 Å². The van der Waals surface area contributed by atoms with E-state index in [-0.39, 0.29) is 0 Å². The smallest absolute Gasteiger partial charge is 0.0281 e. The summed E-state index contributed by atoms with van der Waals surface area (Å²) in [5.41, 5.74) is 0.326. The van der Waals surface area contributed by atoms with E-state index in [4.69, 9.17) is 0 Å². The normalized spacial score (nSPS) is 23.3. The van der Waals surface area contributed by atoms with Crippen LogP contribution in [0, 0.1) is 5.92 Å². The lowest BCUT2D eigenvalue weighted by molar-refractivity contribution is 0.0633. The van der Waals surface area contributed by atoms with E-state index in [1.165, 1.54) is 45.6 Å². The summed E-state index contributed by atoms with van der Waals surface area (Å²) >= 11 is 0. The zero-order chi connectivity index (χ0) is 12.3. The lowest BCUT2D eigenvalue weighted by atomic mass is 10.0. The molecule has 1 aliphatic heterocycles. The van der Waals surface area contributed by atoms with Crippen molar-refractivity contribution >= 4 is 0 Å². The molecule has 2 fully saturated rings. The Kier molecular flexibility index (Phi) is 4.45. The third-order valence-corrected chi connectivity index (χ3v) is 4.24. The molecule has 0 spiro atoms. The van der Waals surface area contributed by atoms with Crippen LogP contribution in [0.3, 0.4) is 0 Å². The van der Waals surface area contributed by atoms with Crippen LogP contribution in [-0.2, 0) is 0 Å². The summed E-state index contributed by atoms with van der Waals surface area (Å²) in [5.74, 6) is 1.01. The first-order valence-electron chi connectivity index (χ1n) is 7.30. The molecule has 1 saturated carbocycles. The molecule has 0 unspecified atom stereocenters. The third-order valence-electron chi connectivity index (χ3n) is 4.24. The molecule has 0 aromatic carbocycles. The van der Waals surface area contributed by atoms with Gasteiger partial charge < -0.3 is 10.2 Å². The van der Waals surface area contributed by atoms with Gasteiger partial charge in [-0.05, 0) is 39.2 Å². The molecule has 100 valence electrons. The highest BCUT2D eigenvalue weighted by atomic mass is 15.3. The largest absolute Gasteiger partial charge is 0.314 e. The summed E-state index contributed by atoms with van der Waals surface area (Å²) in [4.78, 5) is 5.30. The van der Waals surface area contributed by atoms with Crippen molar-refractivity contribution in [2.45, 2.75) is 39.2 Å². The Balaban J connectivity index is 1.84. The van der Waals surface area contributed by atoms with Gasteiger partial charge in [0.2, 0.25) is 0 Å². The Morgan fingerprint density at radius 1 is 1.24 bits per heavy atom. The number of piperazine rings is 1. The van der Waals surface area contributed by atoms with Crippen LogP contribution in [0.1, 0.15) is 33.6 Å². The van der Waals surface area contributed by atoms with Gasteiger partial charge in [-0.2, -0.15) is 0 Å². The van der Waals surface area contributed by atoms with E-state index in [2.05, 4.69) is 35.9 Å². The number of nitrogens with one attached hydrogen (secondary N) is 1. The number of nitrogens with zero attached hydrogens (tertiary/aromatic N) is 2. The van der Waals surface area contributed by atoms with E-state index in [1.807, 2.05) is 0 Å². The predicted molar refractivity (Wildman–Crippen MR) is 73.4 cm³/mol. The number of likely N-dealkylation sites (N-methyl/N-ethyl adjacent to an activating group) is 1. The van der Waals surface area contributed by atoms with Crippen molar-refractivity contribution < 1.29 is 0 Å². The zero-order valence-electron chi connectivity index (χ0n) is 11.8. The van der Waals surface area contributed by atoms with Crippen LogP contribution in [0.2, 0.25) is 0 Å². The first-order valence-corrected chi connectivity index (χ1v) is 7.30. The summed E-state index contributed by atoms with van der Waals surface area (Å²) in [6, 6.07) is 0. The Hall–Kier alpha value is -0.120. The summed E-state index contributed by atoms with van der Waals surface area (Å²) < 4.78 is 0. The number of hydrogen-bond donors (Lipinski definition) is 1. The SMILES string of the molecule is CCN(CC1CC1)CC(C)(C)N1CCNCC1. The van der Waals surface area contributed by atoms with Gasteiger partial charge in [0.05, 0.1) is 0 Å². The van der Waals surface area contributed by atoms with E-state index < -0.39 is 0 Å². The van der Waals surface area contributed by atoms with Crippen LogP contribution < -0.4 is 5.32 Å². The van der Waals surface area contributed by atoms with Gasteiger partial charge >= 0.3 is 0 Å². The van der Waals surface area contributed by atoms with Gasteiger partial charge in [-0.1, -0.05) is 6.92 Å². The molecule has 1 aliphatic carbocycles. The molecule has 0 aromatic rings. The molecule has 0 radical (unpaired) electrons. The van der Waals surface area contributed by atoms with Crippen LogP contribution in [0.4, 0.5) is 0 Å². The predicted octanol–water partition coefficient (Wildman–Crippen LogP) is 1.40. The standard InChI is InChI=1S/C14H29N3/c1-4-16(11-13-5-6-13)12-14(2,3)17-9-7-15-8-10-17/h13,15H,4-12H2,1-3H3. The molecule has 2 aliphatic rings. The Morgan fingerprint density at radius 2 is 1.88 bits per heavy atom. The molecule has 0 bridgehead atoms. The fourth-order valence-corrected chi connectivity index (χ4v) is 2.89. The van der Waals surface area contributed by atoms with Gasteiger partial charge in [0, 0.05) is 44.8 Å². The Bertz CT molecular complexity index is 230. The van der Waals surface area contributed by atoms with Crippen molar-refractivity contribution in [3.05, 3.63) is 0 Å². The fourth-order valence-electron chi connectivity index (χ4n) is 2.89. The Labute approximate surface area is 107 Å². The van der Waals surface area contributed by atoms with Crippen molar-refractivity contribution in [2.75, 3.05) is 45.8 Å². The highest BCUT2D eigenvalue weighted by Crippen LogP contribution is 2.30. The summed E-state index contributed by atoms with van der Waals surface area (Å²) in [6.07, 6.45) is 2.93. The highest BCUT2D eigenvalue weighted by molar-refractivity contribution is 4.89. The van der Waals surface area contributed by atoms with E-state index in [1.54, 1.807) is 0 Å². The van der Waals surface area contributed by atoms with Gasteiger partial charge in [-0.3, -0.25) is 4.90 Å². The highest BCUT2D eigenvalue weighted by Gasteiger charge is 2.31. The monoisotopic (exact) mass is 239 g/mol. The maximum Gasteiger partial charge on any atom is 0.0281 e. The van der Waals surface area contributed by atoms with Gasteiger partial charge in [0.1, 0.15) is 0 Å². The van der Waals surface area contributed by atoms with Crippen molar-refractivity contribution in [3.63, 3.8) is 0 Å². The summed E-state index contributed by atoms with van der Waals surface area (Å²) in [7, 11) is 0. The van der Waals surface area contributed by atoms with E-state index >= 15 is 0 Å². The first-order chi connectivity index (χ1) is 8.12. The van der Waals surface area contributed by atoms with Crippen LogP contribution in [-0.4, -0.2) is 61.2 Å². The maximum atomic E-state index is 3.44. The fraction of sp³-hybridized carbons (Fsp3) is 1.00. The van der Waals surface area contributed by atoms with Gasteiger partial charge in [0.15, 0.2) is 0 Å². The van der Waals surface area contributed by atoms with Crippen LogP contribution in [0.25, 0.3) is 0 Å². The van der Waals surface area contributed by atoms with Gasteiger partial charge in [-0.25, -0.2) is 0 Å². The molecule has 3 nitrogen and oxygen atoms in total. The number of hydrogen-bond acceptors (Lipinski definition) is 3. The molecule has 1 heterocycles. The lowest BCUT2D eigenvalue weighted by Gasteiger charge is -2.43. The van der Waals surface area contributed by atoms with Gasteiger partial charge in [-0.15, -0.1) is 0 Å². The van der Waals surface area contributed by atoms with E-state index in [9.17, 15) is 0 Å². The molecular weight excluding hydrogens is 210 g/mol. The lowest BCUT2D eigenvalue weighted by Crippen LogP contribution is -2.57. The van der Waals surface area contributed by atoms with Crippen LogP contribution >= 0.6 is 0 Å². The molecule has 17 heavy (non-hydrogen) atoms. The molecule has 0 amide bonds. The average molecular weight is 239 g/mol. The van der Waals surface area contributed by atoms with Crippen molar-refractivity contribution in [1.29, 1.82) is 0 Å². The molecule has 0 aromatic heterocycles. The second-order valence-electron chi connectivity index (χ2n) is 6.32. The van der Waals surface area contributed by atoms with E-state index in [0.717, 1.165) is 19.0 Å².